The Kier molecular flexibility index (Phi) is 4.95. The van der Waals surface area contributed by atoms with Crippen LogP contribution in [0.1, 0.15) is 6.92 Å². The average Bonchev–Trinajstić information content (AvgIpc) is 2.39. The molecule has 1 aromatic carbocycles. The number of nitrogens with zero attached hydrogens (tertiary/aromatic N) is 2. The number of carbonyl (C=O) groups excluding carboxylic acids is 1. The topological polar surface area (TPSA) is 62.0 Å². The summed E-state index contributed by atoms with van der Waals surface area (Å²) in [4.78, 5) is 11.1. The van der Waals surface area contributed by atoms with Crippen molar-refractivity contribution in [2.45, 2.75) is 19.3 Å². The van der Waals surface area contributed by atoms with Crippen molar-refractivity contribution in [3.63, 3.8) is 0 Å². The number of Topliss-reactive ketones (excluding diaryl/α,β-unsaturated/α-hetero) is 1. The summed E-state index contributed by atoms with van der Waals surface area (Å²) in [5.41, 5.74) is -1.00. The predicted octanol–water partition coefficient (Wildman–Crippen LogP) is 4.03. The molecule has 0 bridgehead atoms. The molecule has 0 heterocycles. The molecule has 0 spiro atoms. The first kappa shape index (κ1) is 15.8. The molecule has 0 saturated carbocycles. The Morgan fingerprint density at radius 1 is 1.25 bits per heavy atom. The lowest BCUT2D eigenvalue weighted by Gasteiger charge is -2.14. The van der Waals surface area contributed by atoms with Crippen LogP contribution >= 0.6 is 0 Å². The van der Waals surface area contributed by atoms with Gasteiger partial charge in [-0.2, -0.15) is 13.9 Å². The predicted molar refractivity (Wildman–Crippen MR) is 62.2 cm³/mol. The number of carbonyl (C=O) groups is 1. The summed E-state index contributed by atoms with van der Waals surface area (Å²) in [6, 6.07) is 7.69. The molecule has 1 rings (SSSR count). The average molecular weight is 290 g/mol. The fourth-order valence-corrected chi connectivity index (χ4v) is 1.15. The summed E-state index contributed by atoms with van der Waals surface area (Å²) in [5, 5.41) is 15.7. The van der Waals surface area contributed by atoms with E-state index in [1.165, 1.54) is 12.1 Å². The normalized spacial score (nSPS) is 13.7. The number of aliphatic hydroxyl groups excluding tert-OH is 1. The van der Waals surface area contributed by atoms with Gasteiger partial charge in [0.25, 0.3) is 0 Å². The quantitative estimate of drug-likeness (QED) is 0.385. The van der Waals surface area contributed by atoms with Crippen LogP contribution in [0.3, 0.4) is 0 Å². The van der Waals surface area contributed by atoms with Gasteiger partial charge in [-0.15, -0.1) is 5.11 Å². The van der Waals surface area contributed by atoms with Gasteiger partial charge in [0.1, 0.15) is 0 Å². The maximum Gasteiger partial charge on any atom is 0.365 e. The van der Waals surface area contributed by atoms with Gasteiger partial charge in [0.15, 0.2) is 17.2 Å². The molecule has 0 fully saturated rings. The summed E-state index contributed by atoms with van der Waals surface area (Å²) in [7, 11) is 0. The molecular weight excluding hydrogens is 280 g/mol. The lowest BCUT2D eigenvalue weighted by atomic mass is 10.2. The minimum Gasteiger partial charge on any atom is -0.504 e. The highest BCUT2D eigenvalue weighted by Gasteiger charge is 2.48. The van der Waals surface area contributed by atoms with E-state index in [4.69, 9.17) is 5.11 Å². The molecule has 0 aromatic heterocycles. The zero-order valence-electron chi connectivity index (χ0n) is 10.2. The Bertz CT molecular complexity index is 542. The zero-order chi connectivity index (χ0) is 15.3. The third-order valence-electron chi connectivity index (χ3n) is 2.17. The number of azo groups is 1. The Balaban J connectivity index is 3.19. The monoisotopic (exact) mass is 290 g/mol. The smallest absolute Gasteiger partial charge is 0.365 e. The molecular formula is C12H10F4N2O2. The molecule has 0 saturated heterocycles. The molecule has 0 amide bonds. The fourth-order valence-electron chi connectivity index (χ4n) is 1.15. The molecule has 1 aromatic rings. The van der Waals surface area contributed by atoms with Gasteiger partial charge < -0.3 is 5.11 Å². The largest absolute Gasteiger partial charge is 0.504 e. The molecule has 4 nitrogen and oxygen atoms in total. The number of hydrogen-bond acceptors (Lipinski definition) is 4. The van der Waals surface area contributed by atoms with E-state index in [0.717, 1.165) is 6.92 Å². The van der Waals surface area contributed by atoms with E-state index in [2.05, 4.69) is 10.2 Å². The van der Waals surface area contributed by atoms with Crippen LogP contribution < -0.4 is 0 Å². The number of aliphatic hydroxyl groups is 1. The van der Waals surface area contributed by atoms with Crippen LogP contribution in [0.25, 0.3) is 0 Å². The minimum atomic E-state index is -4.86. The highest BCUT2D eigenvalue weighted by molar-refractivity contribution is 5.93. The second kappa shape index (κ2) is 6.27. The summed E-state index contributed by atoms with van der Waals surface area (Å²) < 4.78 is 50.2. The van der Waals surface area contributed by atoms with Gasteiger partial charge in [-0.1, -0.05) is 18.2 Å². The van der Waals surface area contributed by atoms with Gasteiger partial charge in [0.05, 0.1) is 5.69 Å². The van der Waals surface area contributed by atoms with Crippen molar-refractivity contribution < 1.29 is 27.5 Å². The van der Waals surface area contributed by atoms with E-state index < -0.39 is 29.6 Å². The van der Waals surface area contributed by atoms with Crippen molar-refractivity contribution in [2.24, 2.45) is 10.2 Å². The number of allylic oxidation sites excluding steroid dienone is 2. The first-order chi connectivity index (χ1) is 9.26. The lowest BCUT2D eigenvalue weighted by molar-refractivity contribution is -0.126. The summed E-state index contributed by atoms with van der Waals surface area (Å²) in [6.45, 7) is 0.803. The van der Waals surface area contributed by atoms with E-state index in [0.29, 0.717) is 0 Å². The SMILES string of the molecule is CC(=O)/C(N=Nc1ccccc1)=C(/O)C(F)(F)C(F)F. The van der Waals surface area contributed by atoms with Gasteiger partial charge in [0.2, 0.25) is 0 Å². The van der Waals surface area contributed by atoms with E-state index in [9.17, 15) is 22.4 Å². The molecule has 8 heteroatoms. The van der Waals surface area contributed by atoms with Crippen molar-refractivity contribution in [3.05, 3.63) is 41.8 Å². The van der Waals surface area contributed by atoms with Crippen molar-refractivity contribution in [1.29, 1.82) is 0 Å². The third-order valence-corrected chi connectivity index (χ3v) is 2.17. The molecule has 0 atom stereocenters. The maximum absolute atomic E-state index is 13.0. The van der Waals surface area contributed by atoms with Gasteiger partial charge in [0, 0.05) is 6.92 Å². The molecule has 20 heavy (non-hydrogen) atoms. The Hall–Kier alpha value is -2.25. The minimum absolute atomic E-state index is 0.208. The molecule has 0 aliphatic carbocycles. The molecule has 0 aliphatic rings. The van der Waals surface area contributed by atoms with Crippen LogP contribution in [0.2, 0.25) is 0 Å². The Labute approximate surface area is 111 Å². The summed E-state index contributed by atoms with van der Waals surface area (Å²) in [6.07, 6.45) is -4.16. The van der Waals surface area contributed by atoms with E-state index in [1.807, 2.05) is 0 Å². The highest BCUT2D eigenvalue weighted by Crippen LogP contribution is 2.32. The van der Waals surface area contributed by atoms with Gasteiger partial charge in [-0.3, -0.25) is 4.79 Å². The van der Waals surface area contributed by atoms with Crippen molar-refractivity contribution in [1.82, 2.24) is 0 Å². The first-order valence-corrected chi connectivity index (χ1v) is 5.34. The second-order valence-corrected chi connectivity index (χ2v) is 3.71. The molecule has 0 aliphatic heterocycles. The van der Waals surface area contributed by atoms with Crippen molar-refractivity contribution in [2.75, 3.05) is 0 Å². The Morgan fingerprint density at radius 3 is 2.25 bits per heavy atom. The number of ketones is 1. The zero-order valence-corrected chi connectivity index (χ0v) is 10.2. The van der Waals surface area contributed by atoms with Gasteiger partial charge in [-0.05, 0) is 12.1 Å². The van der Waals surface area contributed by atoms with Crippen LogP contribution in [-0.4, -0.2) is 23.2 Å². The van der Waals surface area contributed by atoms with Crippen LogP contribution in [0.5, 0.6) is 0 Å². The number of rotatable bonds is 5. The molecule has 1 N–H and O–H groups in total. The number of alkyl halides is 4. The van der Waals surface area contributed by atoms with E-state index >= 15 is 0 Å². The second-order valence-electron chi connectivity index (χ2n) is 3.71. The maximum atomic E-state index is 13.0. The van der Waals surface area contributed by atoms with Crippen LogP contribution in [0.15, 0.2) is 52.0 Å². The van der Waals surface area contributed by atoms with Gasteiger partial charge in [-0.25, -0.2) is 8.78 Å². The van der Waals surface area contributed by atoms with E-state index in [-0.39, 0.29) is 5.69 Å². The highest BCUT2D eigenvalue weighted by atomic mass is 19.3. The first-order valence-electron chi connectivity index (χ1n) is 5.34. The van der Waals surface area contributed by atoms with Gasteiger partial charge >= 0.3 is 12.3 Å². The van der Waals surface area contributed by atoms with E-state index in [1.54, 1.807) is 18.2 Å². The summed E-state index contributed by atoms with van der Waals surface area (Å²) in [5.74, 6) is -8.07. The van der Waals surface area contributed by atoms with Crippen molar-refractivity contribution in [3.8, 4) is 0 Å². The van der Waals surface area contributed by atoms with Crippen LogP contribution in [-0.2, 0) is 4.79 Å². The molecule has 108 valence electrons. The fraction of sp³-hybridized carbons (Fsp3) is 0.250. The third kappa shape index (κ3) is 3.62. The number of benzene rings is 1. The summed E-state index contributed by atoms with van der Waals surface area (Å²) >= 11 is 0. The molecule has 0 radical (unpaired) electrons. The van der Waals surface area contributed by atoms with Crippen LogP contribution in [0, 0.1) is 0 Å². The standard InChI is InChI=1S/C12H10F4N2O2/c1-7(19)9(10(20)12(15,16)11(13)14)18-17-8-5-3-2-4-6-8/h2-6,11,20H,1H3/b10-9-,18-17?. The van der Waals surface area contributed by atoms with Crippen LogP contribution in [0.4, 0.5) is 23.2 Å². The number of hydrogen-bond donors (Lipinski definition) is 1. The lowest BCUT2D eigenvalue weighted by Crippen LogP contribution is -2.30. The van der Waals surface area contributed by atoms with Crippen molar-refractivity contribution >= 4 is 11.5 Å². The number of halogens is 4. The Morgan fingerprint density at radius 2 is 1.80 bits per heavy atom. The molecule has 0 unspecified atom stereocenters.